The highest BCUT2D eigenvalue weighted by atomic mass is 32.1. The van der Waals surface area contributed by atoms with E-state index in [0.717, 1.165) is 39.0 Å². The van der Waals surface area contributed by atoms with Gasteiger partial charge in [-0.15, -0.1) is 11.3 Å². The number of nitrogens with one attached hydrogen (secondary N) is 1. The van der Waals surface area contributed by atoms with E-state index in [1.54, 1.807) is 10.7 Å². The Morgan fingerprint density at radius 3 is 2.85 bits per heavy atom. The highest BCUT2D eigenvalue weighted by molar-refractivity contribution is 7.10. The molecule has 4 rings (SSSR count). The highest BCUT2D eigenvalue weighted by Gasteiger charge is 2.41. The zero-order valence-corrected chi connectivity index (χ0v) is 16.1. The van der Waals surface area contributed by atoms with Crippen molar-refractivity contribution < 1.29 is 19.4 Å². The highest BCUT2D eigenvalue weighted by Crippen LogP contribution is 2.43. The van der Waals surface area contributed by atoms with Gasteiger partial charge in [0.2, 0.25) is 5.91 Å². The van der Waals surface area contributed by atoms with Crippen LogP contribution in [0.15, 0.2) is 23.7 Å². The number of aromatic nitrogens is 2. The first-order valence-electron chi connectivity index (χ1n) is 8.87. The van der Waals surface area contributed by atoms with Crippen LogP contribution in [0.25, 0.3) is 0 Å². The molecule has 0 unspecified atom stereocenters. The van der Waals surface area contributed by atoms with E-state index in [4.69, 9.17) is 14.6 Å². The summed E-state index contributed by atoms with van der Waals surface area (Å²) in [7, 11) is 1.84. The van der Waals surface area contributed by atoms with Gasteiger partial charge in [-0.25, -0.2) is 0 Å². The van der Waals surface area contributed by atoms with Crippen LogP contribution in [0.1, 0.15) is 23.3 Å². The van der Waals surface area contributed by atoms with Gasteiger partial charge in [0.15, 0.2) is 5.82 Å². The molecule has 0 saturated carbocycles. The molecule has 8 nitrogen and oxygen atoms in total. The predicted molar refractivity (Wildman–Crippen MR) is 102 cm³/mol. The maximum Gasteiger partial charge on any atom is 0.290 e. The minimum absolute atomic E-state index is 0.00886. The third kappa shape index (κ3) is 4.55. The molecule has 1 amide bonds. The number of amides is 1. The van der Waals surface area contributed by atoms with Crippen LogP contribution in [-0.2, 0) is 33.4 Å². The average molecular weight is 392 g/mol. The first-order valence-corrected chi connectivity index (χ1v) is 9.75. The normalized spacial score (nSPS) is 18.3. The summed E-state index contributed by atoms with van der Waals surface area (Å²) in [5, 5.41) is 16.1. The molecule has 4 heterocycles. The standard InChI is InChI=1S/C17H22N4O2S.CH2O2/c1-20-7-2-15(19-20)18-16(22)12-21-8-5-17(6-9-21)13-4-11-24-14(13)3-10-23-17;2-1-3/h2,4,7,11H,3,5-6,8-10,12H2,1H3,(H,18,19,22);1H,(H,2,3). The second-order valence-electron chi connectivity index (χ2n) is 6.65. The molecule has 9 heteroatoms. The molecule has 2 aliphatic rings. The molecular weight excluding hydrogens is 368 g/mol. The molecule has 1 spiro atoms. The minimum Gasteiger partial charge on any atom is -0.483 e. The number of carboxylic acid groups (broad SMARTS) is 1. The lowest BCUT2D eigenvalue weighted by molar-refractivity contribution is -0.123. The van der Waals surface area contributed by atoms with Crippen molar-refractivity contribution in [1.82, 2.24) is 14.7 Å². The first-order chi connectivity index (χ1) is 13.1. The molecule has 0 aromatic carbocycles. The van der Waals surface area contributed by atoms with Gasteiger partial charge in [-0.05, 0) is 29.9 Å². The third-order valence-electron chi connectivity index (χ3n) is 4.96. The van der Waals surface area contributed by atoms with Gasteiger partial charge in [-0.3, -0.25) is 19.2 Å². The van der Waals surface area contributed by atoms with Crippen LogP contribution >= 0.6 is 11.3 Å². The molecule has 0 bridgehead atoms. The molecule has 2 aromatic rings. The molecule has 0 aliphatic carbocycles. The van der Waals surface area contributed by atoms with E-state index in [-0.39, 0.29) is 18.0 Å². The number of hydrogen-bond donors (Lipinski definition) is 2. The number of carbonyl (C=O) groups excluding carboxylic acids is 1. The van der Waals surface area contributed by atoms with Crippen LogP contribution < -0.4 is 5.32 Å². The van der Waals surface area contributed by atoms with Crippen molar-refractivity contribution in [3.05, 3.63) is 34.2 Å². The molecule has 1 saturated heterocycles. The van der Waals surface area contributed by atoms with Crippen LogP contribution in [0, 0.1) is 0 Å². The number of thiophene rings is 1. The molecule has 0 atom stereocenters. The van der Waals surface area contributed by atoms with E-state index in [9.17, 15) is 4.79 Å². The van der Waals surface area contributed by atoms with Gasteiger partial charge < -0.3 is 15.2 Å². The maximum atomic E-state index is 12.2. The first kappa shape index (κ1) is 19.5. The Hall–Kier alpha value is -2.23. The molecular formula is C18H24N4O4S. The molecule has 0 radical (unpaired) electrons. The number of fused-ring (bicyclic) bond motifs is 2. The Balaban J connectivity index is 0.000000659. The number of ether oxygens (including phenoxy) is 1. The summed E-state index contributed by atoms with van der Waals surface area (Å²) in [6, 6.07) is 4.03. The van der Waals surface area contributed by atoms with Crippen LogP contribution in [0.3, 0.4) is 0 Å². The number of hydrogen-bond acceptors (Lipinski definition) is 6. The smallest absolute Gasteiger partial charge is 0.290 e. The van der Waals surface area contributed by atoms with E-state index in [2.05, 4.69) is 26.8 Å². The molecule has 1 fully saturated rings. The summed E-state index contributed by atoms with van der Waals surface area (Å²) in [6.45, 7) is 2.73. The average Bonchev–Trinajstić information content (AvgIpc) is 3.28. The Bertz CT molecular complexity index is 780. The summed E-state index contributed by atoms with van der Waals surface area (Å²) >= 11 is 1.84. The number of anilines is 1. The van der Waals surface area contributed by atoms with E-state index in [1.165, 1.54) is 10.4 Å². The van der Waals surface area contributed by atoms with Gasteiger partial charge in [-0.2, -0.15) is 5.10 Å². The topological polar surface area (TPSA) is 96.7 Å². The number of carbonyl (C=O) groups is 2. The monoisotopic (exact) mass is 392 g/mol. The number of nitrogens with zero attached hydrogens (tertiary/aromatic N) is 3. The van der Waals surface area contributed by atoms with Crippen LogP contribution in [0.4, 0.5) is 5.82 Å². The molecule has 146 valence electrons. The van der Waals surface area contributed by atoms with E-state index >= 15 is 0 Å². The molecule has 2 aromatic heterocycles. The molecule has 2 aliphatic heterocycles. The van der Waals surface area contributed by atoms with Gasteiger partial charge >= 0.3 is 0 Å². The summed E-state index contributed by atoms with van der Waals surface area (Å²) < 4.78 is 7.89. The lowest BCUT2D eigenvalue weighted by Crippen LogP contribution is -2.48. The van der Waals surface area contributed by atoms with Crippen molar-refractivity contribution in [3.8, 4) is 0 Å². The second-order valence-corrected chi connectivity index (χ2v) is 7.66. The van der Waals surface area contributed by atoms with Crippen molar-refractivity contribution >= 4 is 29.5 Å². The summed E-state index contributed by atoms with van der Waals surface area (Å²) in [5.74, 6) is 0.597. The molecule has 27 heavy (non-hydrogen) atoms. The van der Waals surface area contributed by atoms with Crippen LogP contribution in [-0.4, -0.2) is 58.4 Å². The van der Waals surface area contributed by atoms with Gasteiger partial charge in [0, 0.05) is 43.7 Å². The Labute approximate surface area is 161 Å². The van der Waals surface area contributed by atoms with Crippen molar-refractivity contribution in [1.29, 1.82) is 0 Å². The SMILES string of the molecule is Cn1ccc(NC(=O)CN2CCC3(CC2)OCCc2sccc23)n1.O=CO. The molecule has 2 N–H and O–H groups in total. The second kappa shape index (κ2) is 8.64. The summed E-state index contributed by atoms with van der Waals surface area (Å²) in [4.78, 5) is 24.2. The zero-order chi connectivity index (χ0) is 19.3. The largest absolute Gasteiger partial charge is 0.483 e. The fraction of sp³-hybridized carbons (Fsp3) is 0.500. The van der Waals surface area contributed by atoms with Crippen LogP contribution in [0.5, 0.6) is 0 Å². The summed E-state index contributed by atoms with van der Waals surface area (Å²) in [6.07, 6.45) is 4.76. The van der Waals surface area contributed by atoms with E-state index < -0.39 is 0 Å². The zero-order valence-electron chi connectivity index (χ0n) is 15.3. The predicted octanol–water partition coefficient (Wildman–Crippen LogP) is 1.68. The van der Waals surface area contributed by atoms with Crippen molar-refractivity contribution in [2.45, 2.75) is 24.9 Å². The van der Waals surface area contributed by atoms with Gasteiger partial charge in [0.1, 0.15) is 0 Å². The Kier molecular flexibility index (Phi) is 6.25. The Morgan fingerprint density at radius 1 is 1.44 bits per heavy atom. The lowest BCUT2D eigenvalue weighted by atomic mass is 9.82. The number of rotatable bonds is 3. The van der Waals surface area contributed by atoms with Crippen LogP contribution in [0.2, 0.25) is 0 Å². The fourth-order valence-corrected chi connectivity index (χ4v) is 4.66. The number of aryl methyl sites for hydroxylation is 1. The van der Waals surface area contributed by atoms with Gasteiger partial charge in [0.05, 0.1) is 18.8 Å². The van der Waals surface area contributed by atoms with E-state index in [1.807, 2.05) is 24.6 Å². The fourth-order valence-electron chi connectivity index (χ4n) is 3.71. The lowest BCUT2D eigenvalue weighted by Gasteiger charge is -2.43. The van der Waals surface area contributed by atoms with E-state index in [0.29, 0.717) is 12.4 Å². The number of likely N-dealkylation sites (tertiary alicyclic amines) is 1. The Morgan fingerprint density at radius 2 is 2.19 bits per heavy atom. The minimum atomic E-state index is -0.250. The van der Waals surface area contributed by atoms with Crippen molar-refractivity contribution in [3.63, 3.8) is 0 Å². The quantitative estimate of drug-likeness (QED) is 0.772. The summed E-state index contributed by atoms with van der Waals surface area (Å²) in [5.41, 5.74) is 1.26. The third-order valence-corrected chi connectivity index (χ3v) is 5.94. The van der Waals surface area contributed by atoms with Gasteiger partial charge in [0.25, 0.3) is 6.47 Å². The van der Waals surface area contributed by atoms with Crippen molar-refractivity contribution in [2.75, 3.05) is 31.6 Å². The number of piperidine rings is 1. The van der Waals surface area contributed by atoms with Crippen molar-refractivity contribution in [2.24, 2.45) is 7.05 Å². The van der Waals surface area contributed by atoms with Gasteiger partial charge in [-0.1, -0.05) is 0 Å². The maximum absolute atomic E-state index is 12.2.